The molecule has 1 amide bonds. The molecule has 19 heavy (non-hydrogen) atoms. The summed E-state index contributed by atoms with van der Waals surface area (Å²) in [6, 6.07) is 0. The molecule has 0 aromatic heterocycles. The number of nitrogens with one attached hydrogen (secondary N) is 2. The summed E-state index contributed by atoms with van der Waals surface area (Å²) >= 11 is 0. The Labute approximate surface area is 117 Å². The van der Waals surface area contributed by atoms with Gasteiger partial charge in [0.15, 0.2) is 0 Å². The number of hydrogen-bond donors (Lipinski definition) is 2. The van der Waals surface area contributed by atoms with Gasteiger partial charge < -0.3 is 15.5 Å². The molecule has 1 saturated carbocycles. The van der Waals surface area contributed by atoms with Crippen LogP contribution < -0.4 is 10.6 Å². The largest absolute Gasteiger partial charge is 0.355 e. The molecule has 0 unspecified atom stereocenters. The molecule has 2 aliphatic rings. The Balaban J connectivity index is 1.84. The highest BCUT2D eigenvalue weighted by atomic mass is 16.1. The van der Waals surface area contributed by atoms with E-state index in [-0.39, 0.29) is 5.91 Å². The molecule has 2 rings (SSSR count). The van der Waals surface area contributed by atoms with Crippen molar-refractivity contribution in [2.75, 3.05) is 39.3 Å². The van der Waals surface area contributed by atoms with Crippen LogP contribution >= 0.6 is 0 Å². The fourth-order valence-corrected chi connectivity index (χ4v) is 3.46. The third kappa shape index (κ3) is 4.46. The molecule has 2 N–H and O–H groups in total. The zero-order chi connectivity index (χ0) is 13.6. The van der Waals surface area contributed by atoms with Crippen molar-refractivity contribution in [3.8, 4) is 0 Å². The van der Waals surface area contributed by atoms with Gasteiger partial charge in [0, 0.05) is 51.1 Å². The highest BCUT2D eigenvalue weighted by Crippen LogP contribution is 2.38. The van der Waals surface area contributed by atoms with Crippen LogP contribution in [-0.2, 0) is 4.79 Å². The normalized spacial score (nSPS) is 23.4. The first-order valence-corrected chi connectivity index (χ1v) is 7.94. The number of hydrogen-bond acceptors (Lipinski definition) is 3. The van der Waals surface area contributed by atoms with Crippen molar-refractivity contribution in [1.29, 1.82) is 0 Å². The topological polar surface area (TPSA) is 44.4 Å². The second-order valence-electron chi connectivity index (χ2n) is 6.26. The van der Waals surface area contributed by atoms with Gasteiger partial charge in [0.2, 0.25) is 5.91 Å². The molecule has 4 heteroatoms. The Morgan fingerprint density at radius 3 is 2.58 bits per heavy atom. The lowest BCUT2D eigenvalue weighted by Crippen LogP contribution is -2.50. The van der Waals surface area contributed by atoms with Gasteiger partial charge in [-0.05, 0) is 19.3 Å². The maximum Gasteiger partial charge on any atom is 0.220 e. The highest BCUT2D eigenvalue weighted by Gasteiger charge is 2.35. The summed E-state index contributed by atoms with van der Waals surface area (Å²) < 4.78 is 0. The lowest BCUT2D eigenvalue weighted by atomic mass is 9.85. The van der Waals surface area contributed by atoms with E-state index in [0.29, 0.717) is 11.8 Å². The van der Waals surface area contributed by atoms with Crippen LogP contribution in [0.5, 0.6) is 0 Å². The minimum Gasteiger partial charge on any atom is -0.355 e. The van der Waals surface area contributed by atoms with E-state index in [1.807, 2.05) is 0 Å². The third-order valence-corrected chi connectivity index (χ3v) is 4.57. The van der Waals surface area contributed by atoms with Crippen LogP contribution in [0.15, 0.2) is 0 Å². The van der Waals surface area contributed by atoms with Crippen LogP contribution in [-0.4, -0.2) is 50.1 Å². The van der Waals surface area contributed by atoms with Crippen molar-refractivity contribution >= 4 is 5.91 Å². The first kappa shape index (κ1) is 14.8. The van der Waals surface area contributed by atoms with Gasteiger partial charge in [-0.25, -0.2) is 0 Å². The van der Waals surface area contributed by atoms with Gasteiger partial charge in [0.25, 0.3) is 0 Å². The molecule has 2 fully saturated rings. The lowest BCUT2D eigenvalue weighted by Gasteiger charge is -2.37. The Morgan fingerprint density at radius 2 is 1.95 bits per heavy atom. The van der Waals surface area contributed by atoms with Gasteiger partial charge in [-0.3, -0.25) is 4.79 Å². The standard InChI is InChI=1S/C15H29N3O/c1-2-5-14(19)17-12-15(6-3-4-7-15)13-18-10-8-16-9-11-18/h16H,2-13H2,1H3,(H,17,19). The summed E-state index contributed by atoms with van der Waals surface area (Å²) in [5, 5.41) is 6.58. The molecule has 0 aromatic carbocycles. The highest BCUT2D eigenvalue weighted by molar-refractivity contribution is 5.75. The van der Waals surface area contributed by atoms with E-state index in [4.69, 9.17) is 0 Å². The molecule has 4 nitrogen and oxygen atoms in total. The summed E-state index contributed by atoms with van der Waals surface area (Å²) in [7, 11) is 0. The Morgan fingerprint density at radius 1 is 1.26 bits per heavy atom. The summed E-state index contributed by atoms with van der Waals surface area (Å²) in [5.74, 6) is 0.231. The van der Waals surface area contributed by atoms with Crippen molar-refractivity contribution < 1.29 is 4.79 Å². The average molecular weight is 267 g/mol. The van der Waals surface area contributed by atoms with E-state index < -0.39 is 0 Å². The average Bonchev–Trinajstić information content (AvgIpc) is 2.87. The first-order chi connectivity index (χ1) is 9.24. The molecule has 0 aromatic rings. The van der Waals surface area contributed by atoms with Crippen molar-refractivity contribution in [2.24, 2.45) is 5.41 Å². The molecule has 1 aliphatic heterocycles. The second-order valence-corrected chi connectivity index (χ2v) is 6.26. The van der Waals surface area contributed by atoms with Crippen LogP contribution in [0.4, 0.5) is 0 Å². The van der Waals surface area contributed by atoms with E-state index in [9.17, 15) is 4.79 Å². The predicted molar refractivity (Wildman–Crippen MR) is 78.1 cm³/mol. The van der Waals surface area contributed by atoms with Crippen LogP contribution in [0.25, 0.3) is 0 Å². The molecular weight excluding hydrogens is 238 g/mol. The van der Waals surface area contributed by atoms with Crippen molar-refractivity contribution in [2.45, 2.75) is 45.4 Å². The zero-order valence-corrected chi connectivity index (χ0v) is 12.3. The van der Waals surface area contributed by atoms with E-state index in [1.54, 1.807) is 0 Å². The van der Waals surface area contributed by atoms with Crippen LogP contribution in [0.2, 0.25) is 0 Å². The maximum absolute atomic E-state index is 11.7. The molecule has 0 spiro atoms. The smallest absolute Gasteiger partial charge is 0.220 e. The van der Waals surface area contributed by atoms with Crippen LogP contribution in [0.1, 0.15) is 45.4 Å². The van der Waals surface area contributed by atoms with E-state index in [2.05, 4.69) is 22.5 Å². The van der Waals surface area contributed by atoms with Gasteiger partial charge >= 0.3 is 0 Å². The molecule has 110 valence electrons. The van der Waals surface area contributed by atoms with E-state index in [1.165, 1.54) is 32.2 Å². The third-order valence-electron chi connectivity index (χ3n) is 4.57. The second kappa shape index (κ2) is 7.25. The molecular formula is C15H29N3O. The Bertz CT molecular complexity index is 281. The first-order valence-electron chi connectivity index (χ1n) is 7.94. The molecule has 1 aliphatic carbocycles. The number of carbonyl (C=O) groups excluding carboxylic acids is 1. The van der Waals surface area contributed by atoms with Crippen LogP contribution in [0.3, 0.4) is 0 Å². The summed E-state index contributed by atoms with van der Waals surface area (Å²) in [6.45, 7) is 8.65. The van der Waals surface area contributed by atoms with Crippen molar-refractivity contribution in [3.63, 3.8) is 0 Å². The number of piperazine rings is 1. The number of rotatable bonds is 6. The van der Waals surface area contributed by atoms with Crippen molar-refractivity contribution in [3.05, 3.63) is 0 Å². The fourth-order valence-electron chi connectivity index (χ4n) is 3.46. The van der Waals surface area contributed by atoms with E-state index in [0.717, 1.165) is 39.1 Å². The van der Waals surface area contributed by atoms with E-state index >= 15 is 0 Å². The van der Waals surface area contributed by atoms with Gasteiger partial charge in [-0.1, -0.05) is 19.8 Å². The predicted octanol–water partition coefficient (Wildman–Crippen LogP) is 1.37. The zero-order valence-electron chi connectivity index (χ0n) is 12.3. The molecule has 0 bridgehead atoms. The van der Waals surface area contributed by atoms with Gasteiger partial charge in [-0.2, -0.15) is 0 Å². The molecule has 1 heterocycles. The molecule has 1 saturated heterocycles. The summed E-state index contributed by atoms with van der Waals surface area (Å²) in [6.07, 6.45) is 6.83. The minimum atomic E-state index is 0.231. The van der Waals surface area contributed by atoms with Crippen molar-refractivity contribution in [1.82, 2.24) is 15.5 Å². The summed E-state index contributed by atoms with van der Waals surface area (Å²) in [4.78, 5) is 14.3. The monoisotopic (exact) mass is 267 g/mol. The Kier molecular flexibility index (Phi) is 5.64. The Hall–Kier alpha value is -0.610. The lowest BCUT2D eigenvalue weighted by molar-refractivity contribution is -0.121. The molecule has 0 atom stereocenters. The fraction of sp³-hybridized carbons (Fsp3) is 0.933. The number of carbonyl (C=O) groups is 1. The maximum atomic E-state index is 11.7. The van der Waals surface area contributed by atoms with Gasteiger partial charge in [0.1, 0.15) is 0 Å². The quantitative estimate of drug-likeness (QED) is 0.764. The molecule has 0 radical (unpaired) electrons. The number of nitrogens with zero attached hydrogens (tertiary/aromatic N) is 1. The number of amides is 1. The van der Waals surface area contributed by atoms with Crippen LogP contribution in [0, 0.1) is 5.41 Å². The van der Waals surface area contributed by atoms with Gasteiger partial charge in [0.05, 0.1) is 0 Å². The SMILES string of the molecule is CCCC(=O)NCC1(CN2CCNCC2)CCCC1. The summed E-state index contributed by atoms with van der Waals surface area (Å²) in [5.41, 5.74) is 0.348. The van der Waals surface area contributed by atoms with Gasteiger partial charge in [-0.15, -0.1) is 0 Å². The minimum absolute atomic E-state index is 0.231.